The second-order valence-corrected chi connectivity index (χ2v) is 4.96. The van der Waals surface area contributed by atoms with Gasteiger partial charge in [0.1, 0.15) is 0 Å². The van der Waals surface area contributed by atoms with Gasteiger partial charge in [-0.15, -0.1) is 0 Å². The lowest BCUT2D eigenvalue weighted by atomic mass is 10.2. The first-order valence-corrected chi connectivity index (χ1v) is 5.66. The predicted octanol–water partition coefficient (Wildman–Crippen LogP) is 1.14. The quantitative estimate of drug-likeness (QED) is 0.653. The zero-order valence-corrected chi connectivity index (χ0v) is 9.73. The van der Waals surface area contributed by atoms with E-state index in [1.807, 2.05) is 0 Å². The molecule has 0 aromatic rings. The molecule has 14 heavy (non-hydrogen) atoms. The minimum atomic E-state index is 0.00884. The molecule has 1 unspecified atom stereocenters. The maximum atomic E-state index is 5.64. The number of ether oxygens (including phenoxy) is 1. The van der Waals surface area contributed by atoms with Crippen molar-refractivity contribution in [1.29, 1.82) is 0 Å². The molecule has 1 aliphatic heterocycles. The van der Waals surface area contributed by atoms with E-state index in [-0.39, 0.29) is 5.60 Å². The molecule has 1 heterocycles. The summed E-state index contributed by atoms with van der Waals surface area (Å²) >= 11 is 0. The molecule has 0 amide bonds. The molecule has 0 aliphatic carbocycles. The zero-order chi connectivity index (χ0) is 10.4. The monoisotopic (exact) mass is 200 g/mol. The first-order chi connectivity index (χ1) is 6.58. The Kier molecular flexibility index (Phi) is 4.85. The highest BCUT2D eigenvalue weighted by atomic mass is 16.5. The minimum Gasteiger partial charge on any atom is -0.376 e. The molecule has 1 fully saturated rings. The van der Waals surface area contributed by atoms with E-state index in [4.69, 9.17) is 4.74 Å². The van der Waals surface area contributed by atoms with Gasteiger partial charge in [0.25, 0.3) is 0 Å². The Morgan fingerprint density at radius 2 is 2.21 bits per heavy atom. The summed E-state index contributed by atoms with van der Waals surface area (Å²) in [5.74, 6) is 0. The normalized spacial score (nSPS) is 22.9. The number of nitrogens with one attached hydrogen (secondary N) is 2. The Labute approximate surface area is 87.6 Å². The van der Waals surface area contributed by atoms with Gasteiger partial charge in [0.2, 0.25) is 0 Å². The fourth-order valence-corrected chi connectivity index (χ4v) is 1.59. The SMILES string of the molecule is CC(C)(C)OCCCNC1CCNC1. The lowest BCUT2D eigenvalue weighted by Gasteiger charge is -2.19. The van der Waals surface area contributed by atoms with Gasteiger partial charge in [0.15, 0.2) is 0 Å². The second-order valence-electron chi connectivity index (χ2n) is 4.96. The van der Waals surface area contributed by atoms with Gasteiger partial charge in [-0.3, -0.25) is 0 Å². The minimum absolute atomic E-state index is 0.00884. The smallest absolute Gasteiger partial charge is 0.0598 e. The Morgan fingerprint density at radius 1 is 1.43 bits per heavy atom. The highest BCUT2D eigenvalue weighted by Crippen LogP contribution is 2.06. The Hall–Kier alpha value is -0.120. The predicted molar refractivity (Wildman–Crippen MR) is 59.6 cm³/mol. The summed E-state index contributed by atoms with van der Waals surface area (Å²) in [5.41, 5.74) is 0.00884. The van der Waals surface area contributed by atoms with Crippen molar-refractivity contribution in [3.05, 3.63) is 0 Å². The summed E-state index contributed by atoms with van der Waals surface area (Å²) in [5, 5.41) is 6.87. The lowest BCUT2D eigenvalue weighted by Crippen LogP contribution is -2.32. The molecule has 1 aliphatic rings. The third kappa shape index (κ3) is 5.58. The van der Waals surface area contributed by atoms with Crippen molar-refractivity contribution in [2.45, 2.75) is 45.3 Å². The molecule has 84 valence electrons. The van der Waals surface area contributed by atoms with Gasteiger partial charge in [-0.25, -0.2) is 0 Å². The lowest BCUT2D eigenvalue weighted by molar-refractivity contribution is -0.00391. The topological polar surface area (TPSA) is 33.3 Å². The largest absolute Gasteiger partial charge is 0.376 e. The molecule has 0 aromatic carbocycles. The van der Waals surface area contributed by atoms with Crippen LogP contribution in [0.1, 0.15) is 33.6 Å². The molecule has 3 nitrogen and oxygen atoms in total. The van der Waals surface area contributed by atoms with Crippen LogP contribution >= 0.6 is 0 Å². The molecule has 0 saturated carbocycles. The summed E-state index contributed by atoms with van der Waals surface area (Å²) in [6.07, 6.45) is 2.37. The van der Waals surface area contributed by atoms with Crippen LogP contribution in [-0.2, 0) is 4.74 Å². The molecule has 1 rings (SSSR count). The van der Waals surface area contributed by atoms with Crippen LogP contribution in [0, 0.1) is 0 Å². The molecular weight excluding hydrogens is 176 g/mol. The van der Waals surface area contributed by atoms with Crippen molar-refractivity contribution >= 4 is 0 Å². The average Bonchev–Trinajstić information content (AvgIpc) is 2.54. The maximum absolute atomic E-state index is 5.64. The summed E-state index contributed by atoms with van der Waals surface area (Å²) in [4.78, 5) is 0. The Bertz CT molecular complexity index is 148. The van der Waals surface area contributed by atoms with E-state index in [0.717, 1.165) is 32.7 Å². The molecule has 2 N–H and O–H groups in total. The van der Waals surface area contributed by atoms with Crippen LogP contribution in [0.25, 0.3) is 0 Å². The molecule has 1 saturated heterocycles. The van der Waals surface area contributed by atoms with Crippen molar-refractivity contribution in [3.63, 3.8) is 0 Å². The van der Waals surface area contributed by atoms with Crippen molar-refractivity contribution in [1.82, 2.24) is 10.6 Å². The fraction of sp³-hybridized carbons (Fsp3) is 1.00. The van der Waals surface area contributed by atoms with Crippen LogP contribution in [0.5, 0.6) is 0 Å². The molecular formula is C11H24N2O. The Morgan fingerprint density at radius 3 is 2.79 bits per heavy atom. The van der Waals surface area contributed by atoms with E-state index in [9.17, 15) is 0 Å². The molecule has 0 aromatic heterocycles. The summed E-state index contributed by atoms with van der Waals surface area (Å²) in [6.45, 7) is 10.5. The first kappa shape index (κ1) is 12.0. The number of rotatable bonds is 5. The van der Waals surface area contributed by atoms with Gasteiger partial charge in [0.05, 0.1) is 5.60 Å². The summed E-state index contributed by atoms with van der Waals surface area (Å²) in [7, 11) is 0. The van der Waals surface area contributed by atoms with Crippen molar-refractivity contribution < 1.29 is 4.74 Å². The van der Waals surface area contributed by atoms with E-state index in [2.05, 4.69) is 31.4 Å². The molecule has 0 bridgehead atoms. The number of hydrogen-bond donors (Lipinski definition) is 2. The zero-order valence-electron chi connectivity index (χ0n) is 9.73. The van der Waals surface area contributed by atoms with Crippen LogP contribution in [0.4, 0.5) is 0 Å². The fourth-order valence-electron chi connectivity index (χ4n) is 1.59. The molecule has 1 atom stereocenters. The van der Waals surface area contributed by atoms with Gasteiger partial charge in [-0.2, -0.15) is 0 Å². The van der Waals surface area contributed by atoms with E-state index >= 15 is 0 Å². The van der Waals surface area contributed by atoms with Crippen LogP contribution in [0.2, 0.25) is 0 Å². The van der Waals surface area contributed by atoms with Crippen LogP contribution in [0.15, 0.2) is 0 Å². The first-order valence-electron chi connectivity index (χ1n) is 5.66. The van der Waals surface area contributed by atoms with Gasteiger partial charge >= 0.3 is 0 Å². The summed E-state index contributed by atoms with van der Waals surface area (Å²) < 4.78 is 5.64. The standard InChI is InChI=1S/C11H24N2O/c1-11(2,3)14-8-4-6-13-10-5-7-12-9-10/h10,12-13H,4-9H2,1-3H3. The third-order valence-electron chi connectivity index (χ3n) is 2.35. The molecule has 0 radical (unpaired) electrons. The number of hydrogen-bond acceptors (Lipinski definition) is 3. The molecule has 3 heteroatoms. The van der Waals surface area contributed by atoms with Crippen molar-refractivity contribution in [2.24, 2.45) is 0 Å². The van der Waals surface area contributed by atoms with Crippen molar-refractivity contribution in [2.75, 3.05) is 26.2 Å². The van der Waals surface area contributed by atoms with E-state index in [1.165, 1.54) is 6.42 Å². The van der Waals surface area contributed by atoms with E-state index in [0.29, 0.717) is 6.04 Å². The van der Waals surface area contributed by atoms with Crippen LogP contribution in [-0.4, -0.2) is 37.9 Å². The summed E-state index contributed by atoms with van der Waals surface area (Å²) in [6, 6.07) is 0.685. The average molecular weight is 200 g/mol. The third-order valence-corrected chi connectivity index (χ3v) is 2.35. The van der Waals surface area contributed by atoms with Gasteiger partial charge in [0, 0.05) is 19.2 Å². The molecule has 0 spiro atoms. The van der Waals surface area contributed by atoms with Crippen LogP contribution in [0.3, 0.4) is 0 Å². The van der Waals surface area contributed by atoms with Gasteiger partial charge < -0.3 is 15.4 Å². The highest BCUT2D eigenvalue weighted by molar-refractivity contribution is 4.76. The second kappa shape index (κ2) is 5.69. The van der Waals surface area contributed by atoms with Gasteiger partial charge in [-0.05, 0) is 46.7 Å². The Balaban J connectivity index is 1.89. The van der Waals surface area contributed by atoms with Gasteiger partial charge in [-0.1, -0.05) is 0 Å². The maximum Gasteiger partial charge on any atom is 0.0598 e. The van der Waals surface area contributed by atoms with Crippen LogP contribution < -0.4 is 10.6 Å². The van der Waals surface area contributed by atoms with Crippen molar-refractivity contribution in [3.8, 4) is 0 Å². The highest BCUT2D eigenvalue weighted by Gasteiger charge is 2.13. The van der Waals surface area contributed by atoms with E-state index < -0.39 is 0 Å². The van der Waals surface area contributed by atoms with E-state index in [1.54, 1.807) is 0 Å².